The molecule has 1 atom stereocenters. The van der Waals surface area contributed by atoms with E-state index in [-0.39, 0.29) is 35.4 Å². The van der Waals surface area contributed by atoms with Crippen molar-refractivity contribution in [3.63, 3.8) is 0 Å². The van der Waals surface area contributed by atoms with Crippen molar-refractivity contribution in [1.82, 2.24) is 4.72 Å². The Labute approximate surface area is 153 Å². The molecule has 1 amide bonds. The molecule has 8 nitrogen and oxygen atoms in total. The lowest BCUT2D eigenvalue weighted by atomic mass is 10.1. The smallest absolute Gasteiger partial charge is 0.242 e. The first-order valence-corrected chi connectivity index (χ1v) is 11.5. The summed E-state index contributed by atoms with van der Waals surface area (Å²) in [5.74, 6) is -0.733. The molecule has 1 aromatic rings. The van der Waals surface area contributed by atoms with Crippen LogP contribution in [0.15, 0.2) is 17.0 Å². The Morgan fingerprint density at radius 1 is 1.27 bits per heavy atom. The van der Waals surface area contributed by atoms with E-state index in [0.29, 0.717) is 17.7 Å². The molecule has 0 saturated carbocycles. The highest BCUT2D eigenvalue weighted by atomic mass is 32.2. The van der Waals surface area contributed by atoms with Crippen LogP contribution in [0.5, 0.6) is 0 Å². The highest BCUT2D eigenvalue weighted by Crippen LogP contribution is 2.31. The molecule has 10 heteroatoms. The summed E-state index contributed by atoms with van der Waals surface area (Å²) in [6, 6.07) is 2.85. The number of carbonyl (C=O) groups is 1. The molecule has 2 heterocycles. The fraction of sp³-hybridized carbons (Fsp3) is 0.562. The summed E-state index contributed by atoms with van der Waals surface area (Å²) in [7, 11) is -7.46. The second-order valence-electron chi connectivity index (χ2n) is 6.62. The number of rotatable bonds is 5. The van der Waals surface area contributed by atoms with Crippen LogP contribution in [0.4, 0.5) is 5.69 Å². The molecule has 2 saturated heterocycles. The molecule has 1 aromatic carbocycles. The van der Waals surface area contributed by atoms with Crippen molar-refractivity contribution < 1.29 is 26.4 Å². The highest BCUT2D eigenvalue weighted by Gasteiger charge is 2.37. The number of sulfonamides is 2. The van der Waals surface area contributed by atoms with Gasteiger partial charge in [-0.15, -0.1) is 0 Å². The van der Waals surface area contributed by atoms with Crippen molar-refractivity contribution in [2.45, 2.75) is 44.1 Å². The Balaban J connectivity index is 1.91. The van der Waals surface area contributed by atoms with Crippen molar-refractivity contribution in [3.05, 3.63) is 23.3 Å². The van der Waals surface area contributed by atoms with Gasteiger partial charge in [0.25, 0.3) is 0 Å². The minimum atomic E-state index is -3.77. The van der Waals surface area contributed by atoms with Gasteiger partial charge in [0.05, 0.1) is 22.4 Å². The largest absolute Gasteiger partial charge is 0.377 e. The summed E-state index contributed by atoms with van der Waals surface area (Å²) in [5, 5.41) is 0. The number of nitrogens with one attached hydrogen (secondary N) is 1. The highest BCUT2D eigenvalue weighted by molar-refractivity contribution is 7.94. The normalized spacial score (nSPS) is 22.9. The van der Waals surface area contributed by atoms with E-state index in [4.69, 9.17) is 4.74 Å². The maximum atomic E-state index is 12.7. The summed E-state index contributed by atoms with van der Waals surface area (Å²) < 4.78 is 58.3. The summed E-state index contributed by atoms with van der Waals surface area (Å²) in [5.41, 5.74) is 0.949. The standard InChI is InChI=1S/C16H22N2O6S2/c1-11-8-13(18-15(19)5-7-25(18,20)21)9-12(2)16(11)26(22,23)17-10-14-4-3-6-24-14/h8-9,14,17H,3-7,10H2,1-2H3. The molecule has 1 unspecified atom stereocenters. The number of benzene rings is 1. The minimum absolute atomic E-state index is 0.0660. The summed E-state index contributed by atoms with van der Waals surface area (Å²) >= 11 is 0. The van der Waals surface area contributed by atoms with Crippen molar-refractivity contribution in [3.8, 4) is 0 Å². The van der Waals surface area contributed by atoms with Crippen molar-refractivity contribution >= 4 is 31.6 Å². The average Bonchev–Trinajstić information content (AvgIpc) is 3.12. The topological polar surface area (TPSA) is 110 Å². The molecule has 144 valence electrons. The summed E-state index contributed by atoms with van der Waals surface area (Å²) in [6.45, 7) is 4.01. The van der Waals surface area contributed by atoms with E-state index in [1.165, 1.54) is 12.1 Å². The van der Waals surface area contributed by atoms with Gasteiger partial charge in [-0.2, -0.15) is 0 Å². The zero-order valence-corrected chi connectivity index (χ0v) is 16.3. The third-order valence-electron chi connectivity index (χ3n) is 4.55. The van der Waals surface area contributed by atoms with Gasteiger partial charge in [0.15, 0.2) is 0 Å². The van der Waals surface area contributed by atoms with E-state index in [1.54, 1.807) is 13.8 Å². The van der Waals surface area contributed by atoms with Crippen LogP contribution in [-0.4, -0.2) is 47.8 Å². The van der Waals surface area contributed by atoms with Gasteiger partial charge in [0, 0.05) is 19.6 Å². The van der Waals surface area contributed by atoms with Gasteiger partial charge in [-0.25, -0.2) is 25.9 Å². The quantitative estimate of drug-likeness (QED) is 0.781. The predicted octanol–water partition coefficient (Wildman–Crippen LogP) is 0.827. The predicted molar refractivity (Wildman–Crippen MR) is 96.0 cm³/mol. The molecular weight excluding hydrogens is 380 g/mol. The molecule has 2 aliphatic heterocycles. The number of nitrogens with zero attached hydrogens (tertiary/aromatic N) is 1. The van der Waals surface area contributed by atoms with E-state index < -0.39 is 26.0 Å². The molecular formula is C16H22N2O6S2. The zero-order chi connectivity index (χ0) is 19.1. The first-order chi connectivity index (χ1) is 12.1. The Hall–Kier alpha value is -1.49. The zero-order valence-electron chi connectivity index (χ0n) is 14.7. The van der Waals surface area contributed by atoms with Gasteiger partial charge in [-0.1, -0.05) is 0 Å². The Morgan fingerprint density at radius 2 is 1.92 bits per heavy atom. The van der Waals surface area contributed by atoms with Crippen LogP contribution in [-0.2, 0) is 29.6 Å². The number of carbonyl (C=O) groups excluding carboxylic acids is 1. The van der Waals surface area contributed by atoms with E-state index >= 15 is 0 Å². The maximum absolute atomic E-state index is 12.7. The van der Waals surface area contributed by atoms with Gasteiger partial charge >= 0.3 is 0 Å². The minimum Gasteiger partial charge on any atom is -0.377 e. The van der Waals surface area contributed by atoms with Gasteiger partial charge in [0.2, 0.25) is 26.0 Å². The fourth-order valence-corrected chi connectivity index (χ4v) is 6.38. The number of hydrogen-bond acceptors (Lipinski definition) is 6. The number of aryl methyl sites for hydroxylation is 2. The summed E-state index contributed by atoms with van der Waals surface area (Å²) in [4.78, 5) is 12.0. The molecule has 0 bridgehead atoms. The number of anilines is 1. The maximum Gasteiger partial charge on any atom is 0.242 e. The first kappa shape index (κ1) is 19.3. The lowest BCUT2D eigenvalue weighted by Crippen LogP contribution is -2.33. The van der Waals surface area contributed by atoms with Crippen LogP contribution in [0.3, 0.4) is 0 Å². The number of ether oxygens (including phenoxy) is 1. The summed E-state index contributed by atoms with van der Waals surface area (Å²) in [6.07, 6.45) is 1.53. The second kappa shape index (κ2) is 6.91. The number of hydrogen-bond donors (Lipinski definition) is 1. The van der Waals surface area contributed by atoms with E-state index in [0.717, 1.165) is 17.1 Å². The first-order valence-electron chi connectivity index (χ1n) is 8.40. The van der Waals surface area contributed by atoms with Crippen LogP contribution in [0.1, 0.15) is 30.4 Å². The van der Waals surface area contributed by atoms with Crippen LogP contribution in [0.25, 0.3) is 0 Å². The molecule has 0 aromatic heterocycles. The monoisotopic (exact) mass is 402 g/mol. The van der Waals surface area contributed by atoms with E-state index in [2.05, 4.69) is 4.72 Å². The Kier molecular flexibility index (Phi) is 5.13. The Morgan fingerprint density at radius 3 is 2.42 bits per heavy atom. The third kappa shape index (κ3) is 3.64. The Bertz CT molecular complexity index is 910. The van der Waals surface area contributed by atoms with Crippen LogP contribution in [0.2, 0.25) is 0 Å². The second-order valence-corrected chi connectivity index (χ2v) is 10.3. The molecule has 2 fully saturated rings. The van der Waals surface area contributed by atoms with Crippen LogP contribution in [0, 0.1) is 13.8 Å². The molecule has 0 radical (unpaired) electrons. The lowest BCUT2D eigenvalue weighted by Gasteiger charge is -2.19. The van der Waals surface area contributed by atoms with E-state index in [1.807, 2.05) is 0 Å². The average molecular weight is 402 g/mol. The molecule has 3 rings (SSSR count). The van der Waals surface area contributed by atoms with Crippen LogP contribution < -0.4 is 9.03 Å². The fourth-order valence-electron chi connectivity index (χ4n) is 3.42. The third-order valence-corrected chi connectivity index (χ3v) is 7.97. The molecule has 26 heavy (non-hydrogen) atoms. The molecule has 1 N–H and O–H groups in total. The molecule has 2 aliphatic rings. The van der Waals surface area contributed by atoms with Gasteiger partial charge < -0.3 is 4.74 Å². The van der Waals surface area contributed by atoms with Crippen molar-refractivity contribution in [1.29, 1.82) is 0 Å². The SMILES string of the molecule is Cc1cc(N2C(=O)CCS2(=O)=O)cc(C)c1S(=O)(=O)NCC1CCCO1. The van der Waals surface area contributed by atoms with Crippen LogP contribution >= 0.6 is 0 Å². The van der Waals surface area contributed by atoms with Crippen molar-refractivity contribution in [2.75, 3.05) is 23.2 Å². The van der Waals surface area contributed by atoms with E-state index in [9.17, 15) is 21.6 Å². The molecule has 0 aliphatic carbocycles. The molecule has 0 spiro atoms. The van der Waals surface area contributed by atoms with Crippen molar-refractivity contribution in [2.24, 2.45) is 0 Å². The van der Waals surface area contributed by atoms with Gasteiger partial charge in [-0.05, 0) is 49.9 Å². The number of amides is 1. The van der Waals surface area contributed by atoms with Gasteiger partial charge in [-0.3, -0.25) is 4.79 Å². The van der Waals surface area contributed by atoms with Gasteiger partial charge in [0.1, 0.15) is 0 Å². The lowest BCUT2D eigenvalue weighted by molar-refractivity contribution is -0.116.